The molecule has 1 aromatic carbocycles. The Morgan fingerprint density at radius 3 is 2.71 bits per heavy atom. The molecule has 1 saturated carbocycles. The fourth-order valence-corrected chi connectivity index (χ4v) is 2.78. The van der Waals surface area contributed by atoms with Crippen LogP contribution >= 0.6 is 0 Å². The second-order valence-electron chi connectivity index (χ2n) is 6.08. The summed E-state index contributed by atoms with van der Waals surface area (Å²) in [6, 6.07) is 5.99. The molecule has 4 nitrogen and oxygen atoms in total. The highest BCUT2D eigenvalue weighted by molar-refractivity contribution is 5.76. The molecule has 2 rings (SSSR count). The van der Waals surface area contributed by atoms with Gasteiger partial charge in [0.25, 0.3) is 0 Å². The van der Waals surface area contributed by atoms with E-state index in [0.29, 0.717) is 19.6 Å². The molecule has 21 heavy (non-hydrogen) atoms. The van der Waals surface area contributed by atoms with Gasteiger partial charge < -0.3 is 15.2 Å². The van der Waals surface area contributed by atoms with Gasteiger partial charge in [-0.25, -0.2) is 0 Å². The summed E-state index contributed by atoms with van der Waals surface area (Å²) >= 11 is 0. The van der Waals surface area contributed by atoms with Gasteiger partial charge in [-0.2, -0.15) is 0 Å². The van der Waals surface area contributed by atoms with Crippen molar-refractivity contribution in [1.82, 2.24) is 5.32 Å². The van der Waals surface area contributed by atoms with Crippen LogP contribution in [0.3, 0.4) is 0 Å². The molecule has 1 aliphatic rings. The molecule has 1 aromatic rings. The molecule has 1 fully saturated rings. The topological polar surface area (TPSA) is 58.6 Å². The van der Waals surface area contributed by atoms with E-state index in [-0.39, 0.29) is 5.91 Å². The molecule has 0 saturated heterocycles. The van der Waals surface area contributed by atoms with Gasteiger partial charge in [-0.1, -0.05) is 30.5 Å². The van der Waals surface area contributed by atoms with E-state index >= 15 is 0 Å². The molecule has 0 bridgehead atoms. The van der Waals surface area contributed by atoms with E-state index in [9.17, 15) is 9.90 Å². The van der Waals surface area contributed by atoms with Gasteiger partial charge in [0, 0.05) is 6.54 Å². The molecule has 0 spiro atoms. The zero-order valence-corrected chi connectivity index (χ0v) is 12.9. The quantitative estimate of drug-likeness (QED) is 0.846. The maximum absolute atomic E-state index is 11.8. The maximum atomic E-state index is 11.8. The number of rotatable bonds is 6. The third-order valence-corrected chi connectivity index (χ3v) is 4.07. The first kappa shape index (κ1) is 15.8. The monoisotopic (exact) mass is 291 g/mol. The summed E-state index contributed by atoms with van der Waals surface area (Å²) in [5, 5.41) is 13.0. The van der Waals surface area contributed by atoms with Crippen LogP contribution < -0.4 is 10.1 Å². The van der Waals surface area contributed by atoms with Gasteiger partial charge in [-0.05, 0) is 38.3 Å². The fourth-order valence-electron chi connectivity index (χ4n) is 2.78. The largest absolute Gasteiger partial charge is 0.493 e. The van der Waals surface area contributed by atoms with Crippen molar-refractivity contribution in [2.75, 3.05) is 13.2 Å². The summed E-state index contributed by atoms with van der Waals surface area (Å²) in [7, 11) is 0. The van der Waals surface area contributed by atoms with Crippen molar-refractivity contribution in [3.8, 4) is 5.75 Å². The van der Waals surface area contributed by atoms with Crippen molar-refractivity contribution in [2.45, 2.75) is 51.6 Å². The number of carbonyl (C=O) groups excluding carboxylic acids is 1. The van der Waals surface area contributed by atoms with Crippen LogP contribution in [0.2, 0.25) is 0 Å². The number of benzene rings is 1. The molecule has 116 valence electrons. The van der Waals surface area contributed by atoms with E-state index in [1.54, 1.807) is 0 Å². The first-order chi connectivity index (χ1) is 9.98. The average Bonchev–Trinajstić information content (AvgIpc) is 2.86. The minimum atomic E-state index is -0.690. The number of aryl methyl sites for hydroxylation is 2. The van der Waals surface area contributed by atoms with Gasteiger partial charge in [0.1, 0.15) is 5.75 Å². The summed E-state index contributed by atoms with van der Waals surface area (Å²) in [4.78, 5) is 11.8. The smallest absolute Gasteiger partial charge is 0.223 e. The predicted molar refractivity (Wildman–Crippen MR) is 82.5 cm³/mol. The molecule has 4 heteroatoms. The van der Waals surface area contributed by atoms with Gasteiger partial charge in [0.15, 0.2) is 0 Å². The molecule has 0 atom stereocenters. The zero-order valence-electron chi connectivity index (χ0n) is 12.9. The minimum absolute atomic E-state index is 0.0694. The van der Waals surface area contributed by atoms with Crippen LogP contribution in [0.5, 0.6) is 5.75 Å². The van der Waals surface area contributed by atoms with Crippen molar-refractivity contribution in [1.29, 1.82) is 0 Å². The van der Waals surface area contributed by atoms with E-state index in [2.05, 4.69) is 11.4 Å². The Kier molecular flexibility index (Phi) is 5.23. The molecule has 1 aliphatic carbocycles. The van der Waals surface area contributed by atoms with Gasteiger partial charge in [0.05, 0.1) is 18.6 Å². The molecule has 0 unspecified atom stereocenters. The van der Waals surface area contributed by atoms with Crippen LogP contribution in [0.4, 0.5) is 0 Å². The van der Waals surface area contributed by atoms with E-state index in [0.717, 1.165) is 37.0 Å². The highest BCUT2D eigenvalue weighted by Crippen LogP contribution is 2.28. The van der Waals surface area contributed by atoms with Gasteiger partial charge in [-0.3, -0.25) is 4.79 Å². The maximum Gasteiger partial charge on any atom is 0.223 e. The fraction of sp³-hybridized carbons (Fsp3) is 0.588. The van der Waals surface area contributed by atoms with Gasteiger partial charge >= 0.3 is 0 Å². The van der Waals surface area contributed by atoms with Crippen molar-refractivity contribution in [2.24, 2.45) is 0 Å². The molecule has 0 radical (unpaired) electrons. The number of ether oxygens (including phenoxy) is 1. The van der Waals surface area contributed by atoms with Crippen molar-refractivity contribution >= 4 is 5.91 Å². The first-order valence-electron chi connectivity index (χ1n) is 7.68. The summed E-state index contributed by atoms with van der Waals surface area (Å²) < 4.78 is 5.64. The Morgan fingerprint density at radius 1 is 1.33 bits per heavy atom. The molecule has 0 heterocycles. The van der Waals surface area contributed by atoms with Gasteiger partial charge in [0.2, 0.25) is 5.91 Å². The lowest BCUT2D eigenvalue weighted by atomic mass is 10.0. The van der Waals surface area contributed by atoms with Crippen LogP contribution in [0, 0.1) is 13.8 Å². The van der Waals surface area contributed by atoms with Crippen LogP contribution in [-0.2, 0) is 4.79 Å². The lowest BCUT2D eigenvalue weighted by Crippen LogP contribution is -2.41. The van der Waals surface area contributed by atoms with Crippen LogP contribution in [0.15, 0.2) is 18.2 Å². The van der Waals surface area contributed by atoms with Crippen LogP contribution in [0.1, 0.15) is 43.2 Å². The van der Waals surface area contributed by atoms with E-state index in [1.807, 2.05) is 26.0 Å². The third-order valence-electron chi connectivity index (χ3n) is 4.07. The lowest BCUT2D eigenvalue weighted by Gasteiger charge is -2.22. The van der Waals surface area contributed by atoms with Crippen molar-refractivity contribution in [3.05, 3.63) is 29.3 Å². The Balaban J connectivity index is 1.69. The van der Waals surface area contributed by atoms with E-state index in [1.165, 1.54) is 5.56 Å². The number of aliphatic hydroxyl groups is 1. The summed E-state index contributed by atoms with van der Waals surface area (Å²) in [6.45, 7) is 4.75. The number of amides is 1. The minimum Gasteiger partial charge on any atom is -0.493 e. The highest BCUT2D eigenvalue weighted by Gasteiger charge is 2.31. The summed E-state index contributed by atoms with van der Waals surface area (Å²) in [5.41, 5.74) is 1.59. The predicted octanol–water partition coefficient (Wildman–Crippen LogP) is 2.49. The third kappa shape index (κ3) is 4.74. The second-order valence-corrected chi connectivity index (χ2v) is 6.08. The van der Waals surface area contributed by atoms with Crippen LogP contribution in [0.25, 0.3) is 0 Å². The van der Waals surface area contributed by atoms with Crippen molar-refractivity contribution < 1.29 is 14.6 Å². The molecule has 0 aliphatic heterocycles. The number of hydrogen-bond donors (Lipinski definition) is 2. The standard InChI is InChI=1S/C17H25NO3/c1-13-5-6-15(14(2)11-13)21-10-7-16(19)18-12-17(20)8-3-4-9-17/h5-6,11,20H,3-4,7-10,12H2,1-2H3,(H,18,19). The van der Waals surface area contributed by atoms with Gasteiger partial charge in [-0.15, -0.1) is 0 Å². The average molecular weight is 291 g/mol. The summed E-state index contributed by atoms with van der Waals surface area (Å²) in [6.07, 6.45) is 3.96. The molecule has 0 aromatic heterocycles. The zero-order chi connectivity index (χ0) is 15.3. The highest BCUT2D eigenvalue weighted by atomic mass is 16.5. The number of carbonyl (C=O) groups is 1. The van der Waals surface area contributed by atoms with E-state index < -0.39 is 5.60 Å². The Morgan fingerprint density at radius 2 is 2.05 bits per heavy atom. The molecule has 2 N–H and O–H groups in total. The van der Waals surface area contributed by atoms with Crippen LogP contribution in [-0.4, -0.2) is 29.8 Å². The number of nitrogens with one attached hydrogen (secondary N) is 1. The molecular weight excluding hydrogens is 266 g/mol. The second kappa shape index (κ2) is 6.94. The molecular formula is C17H25NO3. The Hall–Kier alpha value is -1.55. The molecule has 1 amide bonds. The Labute approximate surface area is 126 Å². The Bertz CT molecular complexity index is 493. The van der Waals surface area contributed by atoms with E-state index in [4.69, 9.17) is 4.74 Å². The normalized spacial score (nSPS) is 16.7. The van der Waals surface area contributed by atoms with Crippen molar-refractivity contribution in [3.63, 3.8) is 0 Å². The first-order valence-corrected chi connectivity index (χ1v) is 7.68. The summed E-state index contributed by atoms with van der Waals surface area (Å²) in [5.74, 6) is 0.753. The number of hydrogen-bond acceptors (Lipinski definition) is 3. The SMILES string of the molecule is Cc1ccc(OCCC(=O)NCC2(O)CCCC2)c(C)c1. The lowest BCUT2D eigenvalue weighted by molar-refractivity contribution is -0.122.